The number of hydrogen-bond acceptors (Lipinski definition) is 4. The van der Waals surface area contributed by atoms with Crippen molar-refractivity contribution in [1.29, 1.82) is 0 Å². The summed E-state index contributed by atoms with van der Waals surface area (Å²) in [5, 5.41) is 13.1. The van der Waals surface area contributed by atoms with E-state index in [1.54, 1.807) is 11.8 Å². The van der Waals surface area contributed by atoms with Crippen LogP contribution in [0.2, 0.25) is 0 Å². The highest BCUT2D eigenvalue weighted by atomic mass is 16.5. The minimum Gasteiger partial charge on any atom is -0.481 e. The molecule has 0 spiro atoms. The van der Waals surface area contributed by atoms with E-state index in [1.807, 2.05) is 14.0 Å². The molecule has 0 saturated heterocycles. The predicted octanol–water partition coefficient (Wildman–Crippen LogP) is 1.81. The van der Waals surface area contributed by atoms with Crippen LogP contribution in [0.1, 0.15) is 37.9 Å². The molecule has 0 bridgehead atoms. The third kappa shape index (κ3) is 4.23. The van der Waals surface area contributed by atoms with E-state index >= 15 is 0 Å². The van der Waals surface area contributed by atoms with E-state index in [9.17, 15) is 4.79 Å². The standard InChI is InChI=1S/C14H25N3O3/c1-10(2)17(8-6-7-13(18)19)9-12-11(3)15-16(4)14(12)20-5/h10H,6-9H2,1-5H3,(H,18,19). The van der Waals surface area contributed by atoms with Gasteiger partial charge in [0.05, 0.1) is 18.4 Å². The number of carboxylic acid groups (broad SMARTS) is 1. The van der Waals surface area contributed by atoms with E-state index in [1.165, 1.54) is 0 Å². The lowest BCUT2D eigenvalue weighted by Crippen LogP contribution is -2.32. The third-order valence-corrected chi connectivity index (χ3v) is 3.41. The zero-order chi connectivity index (χ0) is 15.3. The highest BCUT2D eigenvalue weighted by molar-refractivity contribution is 5.66. The predicted molar refractivity (Wildman–Crippen MR) is 76.9 cm³/mol. The van der Waals surface area contributed by atoms with Crippen LogP contribution < -0.4 is 4.74 Å². The summed E-state index contributed by atoms with van der Waals surface area (Å²) in [5.41, 5.74) is 2.02. The van der Waals surface area contributed by atoms with Crippen molar-refractivity contribution in [3.63, 3.8) is 0 Å². The van der Waals surface area contributed by atoms with Crippen molar-refractivity contribution in [2.75, 3.05) is 13.7 Å². The lowest BCUT2D eigenvalue weighted by Gasteiger charge is -2.26. The number of carbonyl (C=O) groups is 1. The first-order valence-electron chi connectivity index (χ1n) is 6.89. The minimum atomic E-state index is -0.746. The summed E-state index contributed by atoms with van der Waals surface area (Å²) in [6.07, 6.45) is 0.849. The molecule has 0 fully saturated rings. The summed E-state index contributed by atoms with van der Waals surface area (Å²) < 4.78 is 7.14. The Morgan fingerprint density at radius 1 is 1.50 bits per heavy atom. The second-order valence-electron chi connectivity index (χ2n) is 5.26. The lowest BCUT2D eigenvalue weighted by molar-refractivity contribution is -0.137. The molecule has 0 amide bonds. The Morgan fingerprint density at radius 3 is 2.65 bits per heavy atom. The quantitative estimate of drug-likeness (QED) is 0.788. The van der Waals surface area contributed by atoms with Crippen LogP contribution in [-0.2, 0) is 18.4 Å². The second-order valence-corrected chi connectivity index (χ2v) is 5.26. The van der Waals surface area contributed by atoms with Gasteiger partial charge in [-0.3, -0.25) is 9.69 Å². The lowest BCUT2D eigenvalue weighted by atomic mass is 10.2. The molecule has 20 heavy (non-hydrogen) atoms. The fourth-order valence-corrected chi connectivity index (χ4v) is 2.27. The van der Waals surface area contributed by atoms with Crippen molar-refractivity contribution in [3.8, 4) is 5.88 Å². The Kier molecular flexibility index (Phi) is 6.01. The molecule has 114 valence electrons. The van der Waals surface area contributed by atoms with Gasteiger partial charge in [0.2, 0.25) is 5.88 Å². The van der Waals surface area contributed by atoms with Gasteiger partial charge in [-0.05, 0) is 33.7 Å². The summed E-state index contributed by atoms with van der Waals surface area (Å²) in [5.74, 6) is 0.0234. The van der Waals surface area contributed by atoms with E-state index in [-0.39, 0.29) is 6.42 Å². The molecule has 1 aromatic rings. The molecule has 0 aliphatic rings. The number of aryl methyl sites for hydroxylation is 2. The number of rotatable bonds is 8. The van der Waals surface area contributed by atoms with Gasteiger partial charge in [-0.1, -0.05) is 0 Å². The highest BCUT2D eigenvalue weighted by Crippen LogP contribution is 2.23. The summed E-state index contributed by atoms with van der Waals surface area (Å²) in [4.78, 5) is 12.9. The molecule has 0 unspecified atom stereocenters. The van der Waals surface area contributed by atoms with Crippen LogP contribution in [0.15, 0.2) is 0 Å². The van der Waals surface area contributed by atoms with Gasteiger partial charge >= 0.3 is 5.97 Å². The molecule has 1 N–H and O–H groups in total. The highest BCUT2D eigenvalue weighted by Gasteiger charge is 2.19. The van der Waals surface area contributed by atoms with Gasteiger partial charge in [-0.15, -0.1) is 0 Å². The Hall–Kier alpha value is -1.56. The van der Waals surface area contributed by atoms with Gasteiger partial charge < -0.3 is 9.84 Å². The first kappa shape index (κ1) is 16.5. The van der Waals surface area contributed by atoms with Crippen molar-refractivity contribution in [2.24, 2.45) is 7.05 Å². The maximum atomic E-state index is 10.6. The summed E-state index contributed by atoms with van der Waals surface area (Å²) in [7, 11) is 3.50. The maximum Gasteiger partial charge on any atom is 0.303 e. The molecule has 0 aromatic carbocycles. The fraction of sp³-hybridized carbons (Fsp3) is 0.714. The van der Waals surface area contributed by atoms with Gasteiger partial charge in [0, 0.05) is 26.1 Å². The fourth-order valence-electron chi connectivity index (χ4n) is 2.27. The number of aliphatic carboxylic acids is 1. The average molecular weight is 283 g/mol. The smallest absolute Gasteiger partial charge is 0.303 e. The molecule has 1 aromatic heterocycles. The van der Waals surface area contributed by atoms with Crippen molar-refractivity contribution in [2.45, 2.75) is 46.2 Å². The van der Waals surface area contributed by atoms with Crippen LogP contribution in [0.25, 0.3) is 0 Å². The maximum absolute atomic E-state index is 10.6. The Morgan fingerprint density at radius 2 is 2.15 bits per heavy atom. The molecule has 1 rings (SSSR count). The molecule has 1 heterocycles. The normalized spacial score (nSPS) is 11.3. The van der Waals surface area contributed by atoms with Crippen molar-refractivity contribution < 1.29 is 14.6 Å². The molecule has 0 saturated carbocycles. The van der Waals surface area contributed by atoms with Crippen LogP contribution in [0.3, 0.4) is 0 Å². The van der Waals surface area contributed by atoms with Crippen LogP contribution in [0, 0.1) is 6.92 Å². The van der Waals surface area contributed by atoms with E-state index in [4.69, 9.17) is 9.84 Å². The Balaban J connectivity index is 2.77. The summed E-state index contributed by atoms with van der Waals surface area (Å²) in [6, 6.07) is 0.341. The molecule has 0 aliphatic heterocycles. The largest absolute Gasteiger partial charge is 0.481 e. The van der Waals surface area contributed by atoms with Gasteiger partial charge in [0.1, 0.15) is 0 Å². The first-order chi connectivity index (χ1) is 9.36. The molecule has 6 heteroatoms. The van der Waals surface area contributed by atoms with Gasteiger partial charge in [0.15, 0.2) is 0 Å². The van der Waals surface area contributed by atoms with Crippen LogP contribution >= 0.6 is 0 Å². The van der Waals surface area contributed by atoms with E-state index in [0.29, 0.717) is 12.5 Å². The van der Waals surface area contributed by atoms with Crippen LogP contribution in [0.5, 0.6) is 5.88 Å². The number of aromatic nitrogens is 2. The van der Waals surface area contributed by atoms with E-state index in [2.05, 4.69) is 23.8 Å². The van der Waals surface area contributed by atoms with Crippen molar-refractivity contribution in [3.05, 3.63) is 11.3 Å². The average Bonchev–Trinajstić information content (AvgIpc) is 2.61. The number of methoxy groups -OCH3 is 1. The zero-order valence-electron chi connectivity index (χ0n) is 13.0. The van der Waals surface area contributed by atoms with Crippen molar-refractivity contribution in [1.82, 2.24) is 14.7 Å². The molecular formula is C14H25N3O3. The molecular weight excluding hydrogens is 258 g/mol. The van der Waals surface area contributed by atoms with Crippen LogP contribution in [-0.4, -0.2) is 45.5 Å². The topological polar surface area (TPSA) is 67.6 Å². The van der Waals surface area contributed by atoms with Crippen LogP contribution in [0.4, 0.5) is 0 Å². The Bertz CT molecular complexity index is 455. The summed E-state index contributed by atoms with van der Waals surface area (Å²) >= 11 is 0. The monoisotopic (exact) mass is 283 g/mol. The Labute approximate surface area is 120 Å². The second kappa shape index (κ2) is 7.28. The minimum absolute atomic E-state index is 0.201. The third-order valence-electron chi connectivity index (χ3n) is 3.41. The van der Waals surface area contributed by atoms with Gasteiger partial charge in [-0.2, -0.15) is 5.10 Å². The molecule has 0 atom stereocenters. The van der Waals surface area contributed by atoms with E-state index in [0.717, 1.165) is 30.2 Å². The van der Waals surface area contributed by atoms with Gasteiger partial charge in [-0.25, -0.2) is 4.68 Å². The SMILES string of the molecule is COc1c(CN(CCCC(=O)O)C(C)C)c(C)nn1C. The zero-order valence-corrected chi connectivity index (χ0v) is 13.0. The first-order valence-corrected chi connectivity index (χ1v) is 6.89. The number of hydrogen-bond donors (Lipinski definition) is 1. The van der Waals surface area contributed by atoms with Crippen molar-refractivity contribution >= 4 is 5.97 Å². The molecule has 0 aliphatic carbocycles. The number of ether oxygens (including phenoxy) is 1. The van der Waals surface area contributed by atoms with Gasteiger partial charge in [0.25, 0.3) is 0 Å². The summed E-state index contributed by atoms with van der Waals surface area (Å²) in [6.45, 7) is 7.66. The number of carboxylic acids is 1. The number of nitrogens with zero attached hydrogens (tertiary/aromatic N) is 3. The molecule has 6 nitrogen and oxygen atoms in total. The van der Waals surface area contributed by atoms with E-state index < -0.39 is 5.97 Å². The molecule has 0 radical (unpaired) electrons.